The molecule has 0 radical (unpaired) electrons. The molecule has 2 heteroatoms. The van der Waals surface area contributed by atoms with Crippen molar-refractivity contribution >= 4 is 28.7 Å². The second-order valence-electron chi connectivity index (χ2n) is 7.54. The number of ether oxygens (including phenoxy) is 1. The fourth-order valence-electron chi connectivity index (χ4n) is 3.59. The lowest BCUT2D eigenvalue weighted by Crippen LogP contribution is -2.09. The highest BCUT2D eigenvalue weighted by molar-refractivity contribution is 5.78. The Labute approximate surface area is 190 Å². The van der Waals surface area contributed by atoms with Gasteiger partial charge in [0.05, 0.1) is 7.11 Å². The number of benzene rings is 4. The SMILES string of the molecule is COc1ccc(N(c2ccccc2)c2ccc(C(C)=CC=Cc3ccccc3)cc2)cc1. The third-order valence-corrected chi connectivity index (χ3v) is 5.36. The summed E-state index contributed by atoms with van der Waals surface area (Å²) in [5.41, 5.74) is 6.93. The molecule has 0 heterocycles. The van der Waals surface area contributed by atoms with Crippen molar-refractivity contribution in [3.8, 4) is 5.75 Å². The summed E-state index contributed by atoms with van der Waals surface area (Å²) in [6.07, 6.45) is 6.38. The van der Waals surface area contributed by atoms with Gasteiger partial charge in [-0.3, -0.25) is 0 Å². The number of hydrogen-bond acceptors (Lipinski definition) is 2. The van der Waals surface area contributed by atoms with Gasteiger partial charge in [-0.2, -0.15) is 0 Å². The molecule has 0 aliphatic rings. The molecule has 0 aromatic heterocycles. The Bertz CT molecular complexity index is 1180. The van der Waals surface area contributed by atoms with Crippen molar-refractivity contribution in [2.45, 2.75) is 6.92 Å². The first-order valence-electron chi connectivity index (χ1n) is 10.7. The molecule has 0 amide bonds. The van der Waals surface area contributed by atoms with Gasteiger partial charge in [0, 0.05) is 17.1 Å². The molecule has 4 aromatic rings. The number of methoxy groups -OCH3 is 1. The van der Waals surface area contributed by atoms with E-state index in [1.54, 1.807) is 7.11 Å². The van der Waals surface area contributed by atoms with Crippen LogP contribution in [-0.4, -0.2) is 7.11 Å². The van der Waals surface area contributed by atoms with Gasteiger partial charge >= 0.3 is 0 Å². The predicted octanol–water partition coefficient (Wildman–Crippen LogP) is 8.28. The molecule has 0 N–H and O–H groups in total. The van der Waals surface area contributed by atoms with E-state index < -0.39 is 0 Å². The number of anilines is 3. The minimum atomic E-state index is 0.849. The fourth-order valence-corrected chi connectivity index (χ4v) is 3.59. The van der Waals surface area contributed by atoms with Crippen LogP contribution in [0.25, 0.3) is 11.6 Å². The first-order valence-corrected chi connectivity index (χ1v) is 10.7. The molecular weight excluding hydrogens is 390 g/mol. The third-order valence-electron chi connectivity index (χ3n) is 5.36. The van der Waals surface area contributed by atoms with E-state index in [0.717, 1.165) is 22.8 Å². The Morgan fingerprint density at radius 1 is 0.656 bits per heavy atom. The lowest BCUT2D eigenvalue weighted by molar-refractivity contribution is 0.415. The fraction of sp³-hybridized carbons (Fsp3) is 0.0667. The molecule has 4 rings (SSSR count). The van der Waals surface area contributed by atoms with Crippen LogP contribution in [0.2, 0.25) is 0 Å². The highest BCUT2D eigenvalue weighted by Crippen LogP contribution is 2.35. The average molecular weight is 418 g/mol. The van der Waals surface area contributed by atoms with Gasteiger partial charge in [-0.15, -0.1) is 0 Å². The molecule has 0 aliphatic carbocycles. The van der Waals surface area contributed by atoms with E-state index in [4.69, 9.17) is 4.74 Å². The van der Waals surface area contributed by atoms with Crippen molar-refractivity contribution < 1.29 is 4.74 Å². The van der Waals surface area contributed by atoms with Crippen molar-refractivity contribution in [1.29, 1.82) is 0 Å². The molecule has 0 saturated heterocycles. The topological polar surface area (TPSA) is 12.5 Å². The predicted molar refractivity (Wildman–Crippen MR) is 137 cm³/mol. The monoisotopic (exact) mass is 417 g/mol. The molecule has 0 spiro atoms. The lowest BCUT2D eigenvalue weighted by Gasteiger charge is -2.25. The number of hydrogen-bond donors (Lipinski definition) is 0. The van der Waals surface area contributed by atoms with Crippen LogP contribution in [0.15, 0.2) is 121 Å². The summed E-state index contributed by atoms with van der Waals surface area (Å²) in [5.74, 6) is 0.849. The number of nitrogens with zero attached hydrogens (tertiary/aromatic N) is 1. The van der Waals surface area contributed by atoms with Gasteiger partial charge in [0.2, 0.25) is 0 Å². The summed E-state index contributed by atoms with van der Waals surface area (Å²) in [6, 6.07) is 37.6. The summed E-state index contributed by atoms with van der Waals surface area (Å²) >= 11 is 0. The molecule has 0 aliphatic heterocycles. The largest absolute Gasteiger partial charge is 0.497 e. The zero-order chi connectivity index (χ0) is 22.2. The second-order valence-corrected chi connectivity index (χ2v) is 7.54. The first-order chi connectivity index (χ1) is 15.7. The van der Waals surface area contributed by atoms with E-state index in [0.29, 0.717) is 0 Å². The number of para-hydroxylation sites is 1. The number of allylic oxidation sites excluding steroid dienone is 3. The van der Waals surface area contributed by atoms with Gasteiger partial charge in [-0.1, -0.05) is 78.9 Å². The van der Waals surface area contributed by atoms with Crippen LogP contribution in [0.4, 0.5) is 17.1 Å². The maximum Gasteiger partial charge on any atom is 0.119 e. The van der Waals surface area contributed by atoms with E-state index >= 15 is 0 Å². The summed E-state index contributed by atoms with van der Waals surface area (Å²) < 4.78 is 5.33. The molecule has 2 nitrogen and oxygen atoms in total. The lowest BCUT2D eigenvalue weighted by atomic mass is 10.1. The molecular formula is C30H27NO. The summed E-state index contributed by atoms with van der Waals surface area (Å²) in [4.78, 5) is 2.25. The third kappa shape index (κ3) is 5.16. The standard InChI is InChI=1S/C30H27NO/c1-24(10-9-13-25-11-5-3-6-12-25)26-16-18-28(19-17-26)31(27-14-7-4-8-15-27)29-20-22-30(32-2)23-21-29/h3-23H,1-2H3. The van der Waals surface area contributed by atoms with Crippen LogP contribution >= 0.6 is 0 Å². The van der Waals surface area contributed by atoms with E-state index in [9.17, 15) is 0 Å². The van der Waals surface area contributed by atoms with Gasteiger partial charge in [0.15, 0.2) is 0 Å². The van der Waals surface area contributed by atoms with Gasteiger partial charge in [0.1, 0.15) is 5.75 Å². The van der Waals surface area contributed by atoms with Crippen molar-refractivity contribution in [1.82, 2.24) is 0 Å². The smallest absolute Gasteiger partial charge is 0.119 e. The Balaban J connectivity index is 1.60. The zero-order valence-corrected chi connectivity index (χ0v) is 18.5. The molecule has 158 valence electrons. The van der Waals surface area contributed by atoms with E-state index in [2.05, 4.69) is 115 Å². The minimum absolute atomic E-state index is 0.849. The summed E-state index contributed by atoms with van der Waals surface area (Å²) in [5, 5.41) is 0. The van der Waals surface area contributed by atoms with Crippen molar-refractivity contribution in [3.63, 3.8) is 0 Å². The van der Waals surface area contributed by atoms with Crippen LogP contribution < -0.4 is 9.64 Å². The van der Waals surface area contributed by atoms with Crippen molar-refractivity contribution in [3.05, 3.63) is 132 Å². The minimum Gasteiger partial charge on any atom is -0.497 e. The van der Waals surface area contributed by atoms with E-state index in [-0.39, 0.29) is 0 Å². The Morgan fingerprint density at radius 2 is 1.19 bits per heavy atom. The Kier molecular flexibility index (Phi) is 6.84. The van der Waals surface area contributed by atoms with E-state index in [1.165, 1.54) is 16.7 Å². The molecule has 4 aromatic carbocycles. The Morgan fingerprint density at radius 3 is 1.78 bits per heavy atom. The van der Waals surface area contributed by atoms with Crippen LogP contribution in [0.5, 0.6) is 5.75 Å². The van der Waals surface area contributed by atoms with Gasteiger partial charge in [-0.25, -0.2) is 0 Å². The normalized spacial score (nSPS) is 11.5. The van der Waals surface area contributed by atoms with Crippen LogP contribution in [-0.2, 0) is 0 Å². The molecule has 0 fully saturated rings. The highest BCUT2D eigenvalue weighted by atomic mass is 16.5. The maximum absolute atomic E-state index is 5.33. The van der Waals surface area contributed by atoms with Gasteiger partial charge < -0.3 is 9.64 Å². The van der Waals surface area contributed by atoms with E-state index in [1.807, 2.05) is 24.3 Å². The molecule has 0 bridgehead atoms. The highest BCUT2D eigenvalue weighted by Gasteiger charge is 2.12. The van der Waals surface area contributed by atoms with Crippen LogP contribution in [0, 0.1) is 0 Å². The maximum atomic E-state index is 5.33. The molecule has 0 atom stereocenters. The first kappa shape index (κ1) is 21.2. The molecule has 32 heavy (non-hydrogen) atoms. The average Bonchev–Trinajstić information content (AvgIpc) is 2.86. The summed E-state index contributed by atoms with van der Waals surface area (Å²) in [6.45, 7) is 2.14. The van der Waals surface area contributed by atoms with Crippen LogP contribution in [0.1, 0.15) is 18.1 Å². The summed E-state index contributed by atoms with van der Waals surface area (Å²) in [7, 11) is 1.69. The Hall–Kier alpha value is -4.04. The molecule has 0 unspecified atom stereocenters. The quantitative estimate of drug-likeness (QED) is 0.280. The van der Waals surface area contributed by atoms with Gasteiger partial charge in [-0.05, 0) is 72.2 Å². The van der Waals surface area contributed by atoms with Crippen molar-refractivity contribution in [2.24, 2.45) is 0 Å². The number of rotatable bonds is 7. The van der Waals surface area contributed by atoms with Gasteiger partial charge in [0.25, 0.3) is 0 Å². The molecule has 0 saturated carbocycles. The zero-order valence-electron chi connectivity index (χ0n) is 18.5. The second kappa shape index (κ2) is 10.3. The van der Waals surface area contributed by atoms with Crippen LogP contribution in [0.3, 0.4) is 0 Å². The van der Waals surface area contributed by atoms with Crippen molar-refractivity contribution in [2.75, 3.05) is 12.0 Å².